The lowest BCUT2D eigenvalue weighted by atomic mass is 9.84. The van der Waals surface area contributed by atoms with E-state index in [0.29, 0.717) is 25.1 Å². The van der Waals surface area contributed by atoms with Gasteiger partial charge in [0.2, 0.25) is 0 Å². The average Bonchev–Trinajstić information content (AvgIpc) is 3.79. The number of fused-ring (bicyclic) bond motifs is 2. The molecule has 2 fully saturated rings. The highest BCUT2D eigenvalue weighted by molar-refractivity contribution is 7.12. The third-order valence-electron chi connectivity index (χ3n) is 10.7. The Morgan fingerprint density at radius 2 is 1.76 bits per heavy atom. The van der Waals surface area contributed by atoms with Gasteiger partial charge in [0.1, 0.15) is 16.4 Å². The number of carboxylic acid groups (broad SMARTS) is 1. The van der Waals surface area contributed by atoms with Crippen molar-refractivity contribution in [1.82, 2.24) is 19.7 Å². The maximum atomic E-state index is 15.1. The van der Waals surface area contributed by atoms with Crippen LogP contribution in [-0.2, 0) is 26.9 Å². The lowest BCUT2D eigenvalue weighted by Crippen LogP contribution is -2.65. The number of ether oxygens (including phenoxy) is 2. The number of methoxy groups -OCH3 is 1. The van der Waals surface area contributed by atoms with Crippen LogP contribution in [-0.4, -0.2) is 102 Å². The first-order valence-electron chi connectivity index (χ1n) is 18.0. The minimum atomic E-state index is -1.94. The normalized spacial score (nSPS) is 19.7. The Morgan fingerprint density at radius 3 is 2.35 bits per heavy atom. The van der Waals surface area contributed by atoms with Crippen molar-refractivity contribution in [2.75, 3.05) is 26.8 Å². The number of benzene rings is 1. The number of piperazine rings is 1. The van der Waals surface area contributed by atoms with Crippen molar-refractivity contribution in [1.29, 1.82) is 0 Å². The molecule has 3 heterocycles. The summed E-state index contributed by atoms with van der Waals surface area (Å²) in [5.41, 5.74) is 3.25. The van der Waals surface area contributed by atoms with Gasteiger partial charge in [-0.1, -0.05) is 32.9 Å². The zero-order valence-corrected chi connectivity index (χ0v) is 34.0. The highest BCUT2D eigenvalue weighted by Gasteiger charge is 2.50. The van der Waals surface area contributed by atoms with Gasteiger partial charge in [0.25, 0.3) is 5.91 Å². The van der Waals surface area contributed by atoms with E-state index in [1.807, 2.05) is 36.9 Å². The van der Waals surface area contributed by atoms with Crippen LogP contribution in [0.2, 0.25) is 18.1 Å². The summed E-state index contributed by atoms with van der Waals surface area (Å²) in [5, 5.41) is 11.4. The summed E-state index contributed by atoms with van der Waals surface area (Å²) < 4.78 is 17.8. The molecule has 0 spiro atoms. The number of carbonyl (C=O) groups is 3. The van der Waals surface area contributed by atoms with Crippen LogP contribution in [0.5, 0.6) is 5.75 Å². The third-order valence-corrected chi connectivity index (χ3v) is 16.5. The van der Waals surface area contributed by atoms with E-state index in [-0.39, 0.29) is 36.5 Å². The van der Waals surface area contributed by atoms with Crippen molar-refractivity contribution in [3.05, 3.63) is 50.5 Å². The number of aromatic nitrogens is 1. The van der Waals surface area contributed by atoms with Crippen LogP contribution < -0.4 is 4.74 Å². The molecule has 1 N–H and O–H groups in total. The largest absolute Gasteiger partial charge is 0.496 e. The number of nitrogens with zero attached hydrogens (tertiary/aromatic N) is 4. The smallest absolute Gasteiger partial charge is 0.410 e. The van der Waals surface area contributed by atoms with E-state index in [2.05, 4.69) is 33.9 Å². The molecule has 51 heavy (non-hydrogen) atoms. The summed E-state index contributed by atoms with van der Waals surface area (Å²) in [5.74, 6) is 0.530. The Labute approximate surface area is 308 Å². The van der Waals surface area contributed by atoms with Gasteiger partial charge < -0.3 is 28.8 Å². The van der Waals surface area contributed by atoms with Crippen molar-refractivity contribution in [3.63, 3.8) is 0 Å². The van der Waals surface area contributed by atoms with Crippen LogP contribution in [0.25, 0.3) is 5.57 Å². The lowest BCUT2D eigenvalue weighted by molar-refractivity contribution is -0.129. The minimum absolute atomic E-state index is 0.0105. The average molecular weight is 741 g/mol. The van der Waals surface area contributed by atoms with E-state index < -0.39 is 38.2 Å². The first-order valence-corrected chi connectivity index (χ1v) is 21.7. The van der Waals surface area contributed by atoms with Gasteiger partial charge in [-0.25, -0.2) is 14.6 Å². The molecule has 1 saturated heterocycles. The molecule has 11 nitrogen and oxygen atoms in total. The van der Waals surface area contributed by atoms with Crippen molar-refractivity contribution >= 4 is 43.3 Å². The zero-order chi connectivity index (χ0) is 37.6. The zero-order valence-electron chi connectivity index (χ0n) is 32.2. The molecule has 1 saturated carbocycles. The van der Waals surface area contributed by atoms with Crippen molar-refractivity contribution in [3.8, 4) is 5.75 Å². The first kappa shape index (κ1) is 38.8. The summed E-state index contributed by atoms with van der Waals surface area (Å²) in [7, 11) is -0.305. The summed E-state index contributed by atoms with van der Waals surface area (Å²) >= 11 is 1.56. The van der Waals surface area contributed by atoms with Gasteiger partial charge in [-0.15, -0.1) is 11.3 Å². The van der Waals surface area contributed by atoms with Gasteiger partial charge in [-0.3, -0.25) is 9.69 Å². The molecule has 1 aromatic carbocycles. The van der Waals surface area contributed by atoms with Gasteiger partial charge >= 0.3 is 12.2 Å². The molecule has 280 valence electrons. The Balaban J connectivity index is 1.57. The van der Waals surface area contributed by atoms with Crippen LogP contribution in [0.3, 0.4) is 0 Å². The van der Waals surface area contributed by atoms with E-state index >= 15 is 4.79 Å². The van der Waals surface area contributed by atoms with Crippen LogP contribution in [0, 0.1) is 13.8 Å². The number of aryl methyl sites for hydroxylation is 1. The van der Waals surface area contributed by atoms with Gasteiger partial charge in [-0.2, -0.15) is 0 Å². The van der Waals surface area contributed by atoms with E-state index in [1.54, 1.807) is 44.1 Å². The fourth-order valence-electron chi connectivity index (χ4n) is 6.70. The van der Waals surface area contributed by atoms with Crippen molar-refractivity contribution < 1.29 is 33.4 Å². The molecular formula is C38H56N4O7SSi. The Morgan fingerprint density at radius 1 is 1.08 bits per heavy atom. The van der Waals surface area contributed by atoms with Gasteiger partial charge in [0.15, 0.2) is 8.32 Å². The van der Waals surface area contributed by atoms with Gasteiger partial charge in [0, 0.05) is 54.7 Å². The number of thiazole rings is 1. The Kier molecular flexibility index (Phi) is 11.1. The number of amides is 3. The van der Waals surface area contributed by atoms with Crippen molar-refractivity contribution in [2.45, 2.75) is 129 Å². The molecule has 5 rings (SSSR count). The maximum Gasteiger partial charge on any atom is 0.410 e. The molecule has 2 atom stereocenters. The third kappa shape index (κ3) is 8.46. The molecule has 13 heteroatoms. The molecule has 3 aliphatic rings. The Bertz CT molecular complexity index is 1690. The standard InChI is InChI=1S/C38H56N4O7SSi/c1-23-25(13-12-14-30(23)47-9)20-41(26-15-16-26)34(43)32-28(33-39-24(2)31(50-33)17-18-48-51(10,11)38(6,7)8)19-27-21-40(36(46)49-37(3,4)5)22-29(32)42(27)35(44)45/h12-14,26-27,29H,15-22H2,1-11H3,(H,44,45)/t27?,29-/m1/s1. The van der Waals surface area contributed by atoms with E-state index in [1.165, 1.54) is 4.90 Å². The van der Waals surface area contributed by atoms with Gasteiger partial charge in [0.05, 0.1) is 24.9 Å². The van der Waals surface area contributed by atoms with Crippen LogP contribution in [0.15, 0.2) is 23.8 Å². The second-order valence-electron chi connectivity index (χ2n) is 16.6. The molecule has 2 aliphatic heterocycles. The fourth-order valence-corrected chi connectivity index (χ4v) is 8.85. The number of hydrogen-bond donors (Lipinski definition) is 1. The molecule has 0 radical (unpaired) electrons. The number of rotatable bonds is 10. The minimum Gasteiger partial charge on any atom is -0.496 e. The quantitative estimate of drug-likeness (QED) is 0.247. The fraction of sp³-hybridized carbons (Fsp3) is 0.632. The molecule has 2 bridgehead atoms. The summed E-state index contributed by atoms with van der Waals surface area (Å²) in [6.45, 7) is 21.7. The first-order chi connectivity index (χ1) is 23.7. The Hall–Kier alpha value is -3.42. The van der Waals surface area contributed by atoms with E-state index in [4.69, 9.17) is 18.9 Å². The number of hydrogen-bond acceptors (Lipinski definition) is 8. The molecular weight excluding hydrogens is 685 g/mol. The van der Waals surface area contributed by atoms with Crippen LogP contribution in [0.1, 0.15) is 87.5 Å². The number of carbonyl (C=O) groups excluding carboxylic acids is 2. The topological polar surface area (TPSA) is 122 Å². The lowest BCUT2D eigenvalue weighted by Gasteiger charge is -2.49. The van der Waals surface area contributed by atoms with Crippen molar-refractivity contribution in [2.24, 2.45) is 0 Å². The SMILES string of the molecule is COc1cccc(CN(C(=O)C2=C(c3nc(C)c(CCO[Si](C)(C)C(C)(C)C)s3)CC3CN(C(=O)OC(C)(C)C)C[C@H]2N3C(=O)O)C2CC2)c1C. The summed E-state index contributed by atoms with van der Waals surface area (Å²) in [6.07, 6.45) is 1.07. The molecule has 3 amide bonds. The monoisotopic (exact) mass is 740 g/mol. The van der Waals surface area contributed by atoms with Crippen LogP contribution in [0.4, 0.5) is 9.59 Å². The summed E-state index contributed by atoms with van der Waals surface area (Å²) in [4.78, 5) is 52.4. The van der Waals surface area contributed by atoms with Crippen LogP contribution >= 0.6 is 11.3 Å². The van der Waals surface area contributed by atoms with E-state index in [0.717, 1.165) is 50.9 Å². The van der Waals surface area contributed by atoms with Gasteiger partial charge in [-0.05, 0) is 89.2 Å². The predicted octanol–water partition coefficient (Wildman–Crippen LogP) is 7.65. The highest BCUT2D eigenvalue weighted by atomic mass is 32.1. The highest BCUT2D eigenvalue weighted by Crippen LogP contribution is 2.43. The predicted molar refractivity (Wildman–Crippen MR) is 202 cm³/mol. The maximum absolute atomic E-state index is 15.1. The second kappa shape index (κ2) is 14.5. The molecule has 1 aromatic heterocycles. The second-order valence-corrected chi connectivity index (χ2v) is 22.5. The summed E-state index contributed by atoms with van der Waals surface area (Å²) in [6, 6.07) is 4.41. The molecule has 1 unspecified atom stereocenters. The molecule has 1 aliphatic carbocycles. The van der Waals surface area contributed by atoms with E-state index in [9.17, 15) is 14.7 Å². The molecule has 2 aromatic rings.